The van der Waals surface area contributed by atoms with Crippen LogP contribution in [0.5, 0.6) is 0 Å². The summed E-state index contributed by atoms with van der Waals surface area (Å²) in [6.07, 6.45) is -9.28. The second-order valence-electron chi connectivity index (χ2n) is 4.33. The second kappa shape index (κ2) is 14.7. The normalized spacial score (nSPS) is 14.1. The van der Waals surface area contributed by atoms with Crippen LogP contribution < -0.4 is 10.2 Å². The molecule has 4 unspecified atom stereocenters. The maximum absolute atomic E-state index is 10.5. The third kappa shape index (κ3) is 10.5. The standard InChI is InChI=1S/2C6H8O7.Ca/c2*7-1-2(8)3(9)4(10)5(11)6(12)13;/h2*3-4,7,9-10H,1H2,(H,12,13);/q;;+2/p-2. The Morgan fingerprint density at radius 1 is 0.593 bits per heavy atom. The van der Waals surface area contributed by atoms with E-state index in [1.807, 2.05) is 0 Å². The minimum Gasteiger partial charge on any atom is -0.542 e. The summed E-state index contributed by atoms with van der Waals surface area (Å²) in [5, 5.41) is 70.9. The number of carbonyl (C=O) groups excluding carboxylic acids is 6. The van der Waals surface area contributed by atoms with Gasteiger partial charge >= 0.3 is 37.7 Å². The molecule has 0 spiro atoms. The van der Waals surface area contributed by atoms with Crippen molar-refractivity contribution in [2.24, 2.45) is 0 Å². The Labute approximate surface area is 179 Å². The van der Waals surface area contributed by atoms with Gasteiger partial charge < -0.3 is 50.4 Å². The fourth-order valence-electron chi connectivity index (χ4n) is 1.07. The van der Waals surface area contributed by atoms with Crippen LogP contribution in [0.25, 0.3) is 0 Å². The predicted molar refractivity (Wildman–Crippen MR) is 74.0 cm³/mol. The topological polar surface area (TPSA) is 270 Å². The van der Waals surface area contributed by atoms with E-state index in [0.717, 1.165) is 0 Å². The summed E-state index contributed by atoms with van der Waals surface area (Å²) in [5.41, 5.74) is 0. The molecule has 0 aliphatic heterocycles. The average molecular weight is 422 g/mol. The molecule has 0 saturated heterocycles. The van der Waals surface area contributed by atoms with Gasteiger partial charge in [0.2, 0.25) is 11.6 Å². The number of hydrogen-bond acceptors (Lipinski definition) is 14. The molecule has 148 valence electrons. The predicted octanol–water partition coefficient (Wildman–Crippen LogP) is -9.20. The zero-order valence-electron chi connectivity index (χ0n) is 13.4. The van der Waals surface area contributed by atoms with Crippen molar-refractivity contribution in [1.82, 2.24) is 0 Å². The second-order valence-corrected chi connectivity index (χ2v) is 4.33. The number of carboxylic acids is 2. The van der Waals surface area contributed by atoms with Crippen molar-refractivity contribution >= 4 is 72.8 Å². The molecule has 0 fully saturated rings. The van der Waals surface area contributed by atoms with Crippen LogP contribution in [0.15, 0.2) is 0 Å². The number of aliphatic hydroxyl groups is 6. The largest absolute Gasteiger partial charge is 2.00 e. The molecule has 6 N–H and O–H groups in total. The van der Waals surface area contributed by atoms with Gasteiger partial charge in [-0.3, -0.25) is 19.2 Å². The van der Waals surface area contributed by atoms with Crippen molar-refractivity contribution in [1.29, 1.82) is 0 Å². The molecule has 15 heteroatoms. The van der Waals surface area contributed by atoms with Gasteiger partial charge in [-0.05, 0) is 0 Å². The summed E-state index contributed by atoms with van der Waals surface area (Å²) in [6, 6.07) is 0. The number of hydrogen-bond donors (Lipinski definition) is 6. The summed E-state index contributed by atoms with van der Waals surface area (Å²) in [5.74, 6) is -10.5. The quantitative estimate of drug-likeness (QED) is 0.141. The maximum Gasteiger partial charge on any atom is 2.00 e. The Morgan fingerprint density at radius 3 is 0.963 bits per heavy atom. The van der Waals surface area contributed by atoms with Crippen LogP contribution in [-0.2, 0) is 28.8 Å². The molecular formula is C12H14CaO14. The van der Waals surface area contributed by atoms with E-state index in [9.17, 15) is 39.0 Å². The van der Waals surface area contributed by atoms with Crippen molar-refractivity contribution < 1.29 is 69.6 Å². The van der Waals surface area contributed by atoms with Gasteiger partial charge in [0.1, 0.15) is 37.4 Å². The van der Waals surface area contributed by atoms with Gasteiger partial charge in [-0.15, -0.1) is 0 Å². The Hall–Kier alpha value is -1.36. The van der Waals surface area contributed by atoms with E-state index in [1.54, 1.807) is 0 Å². The zero-order chi connectivity index (χ0) is 21.2. The number of carbonyl (C=O) groups is 6. The van der Waals surface area contributed by atoms with Crippen molar-refractivity contribution in [3.05, 3.63) is 0 Å². The van der Waals surface area contributed by atoms with E-state index in [2.05, 4.69) is 0 Å². The van der Waals surface area contributed by atoms with Crippen molar-refractivity contribution in [2.75, 3.05) is 13.2 Å². The van der Waals surface area contributed by atoms with Crippen molar-refractivity contribution in [3.63, 3.8) is 0 Å². The first-order valence-corrected chi connectivity index (χ1v) is 6.33. The van der Waals surface area contributed by atoms with Gasteiger partial charge in [0.25, 0.3) is 0 Å². The van der Waals surface area contributed by atoms with E-state index < -0.39 is 72.7 Å². The van der Waals surface area contributed by atoms with Gasteiger partial charge in [0, 0.05) is 0 Å². The summed E-state index contributed by atoms with van der Waals surface area (Å²) in [6.45, 7) is -2.20. The molecule has 0 radical (unpaired) electrons. The van der Waals surface area contributed by atoms with E-state index >= 15 is 0 Å². The van der Waals surface area contributed by atoms with E-state index in [1.165, 1.54) is 0 Å². The van der Waals surface area contributed by atoms with E-state index in [-0.39, 0.29) is 37.7 Å². The molecule has 0 saturated carbocycles. The fraction of sp³-hybridized carbons (Fsp3) is 0.500. The average Bonchev–Trinajstić information content (AvgIpc) is 2.62. The van der Waals surface area contributed by atoms with Crippen LogP contribution >= 0.6 is 0 Å². The van der Waals surface area contributed by atoms with Crippen LogP contribution in [0.2, 0.25) is 0 Å². The Bertz CT molecular complexity index is 522. The number of carboxylic acid groups (broad SMARTS) is 2. The number of aliphatic hydroxyl groups excluding tert-OH is 6. The van der Waals surface area contributed by atoms with Gasteiger partial charge in [-0.2, -0.15) is 0 Å². The molecule has 4 atom stereocenters. The molecule has 0 bridgehead atoms. The third-order valence-electron chi connectivity index (χ3n) is 2.51. The third-order valence-corrected chi connectivity index (χ3v) is 2.51. The summed E-state index contributed by atoms with van der Waals surface area (Å²) in [4.78, 5) is 61.4. The summed E-state index contributed by atoms with van der Waals surface area (Å²) < 4.78 is 0. The zero-order valence-corrected chi connectivity index (χ0v) is 15.6. The molecule has 14 nitrogen and oxygen atoms in total. The van der Waals surface area contributed by atoms with Gasteiger partial charge in [0.15, 0.2) is 23.8 Å². The number of Topliss-reactive ketones (excluding diaryl/α,β-unsaturated/α-hetero) is 4. The van der Waals surface area contributed by atoms with Gasteiger partial charge in [-0.1, -0.05) is 0 Å². The molecular weight excluding hydrogens is 408 g/mol. The van der Waals surface area contributed by atoms with Crippen LogP contribution in [0.4, 0.5) is 0 Å². The molecule has 0 rings (SSSR count). The van der Waals surface area contributed by atoms with E-state index in [0.29, 0.717) is 0 Å². The van der Waals surface area contributed by atoms with Gasteiger partial charge in [0.05, 0.1) is 0 Å². The monoisotopic (exact) mass is 422 g/mol. The van der Waals surface area contributed by atoms with Crippen LogP contribution in [0, 0.1) is 0 Å². The first-order chi connectivity index (χ1) is 11.8. The Balaban J connectivity index is -0.000000411. The van der Waals surface area contributed by atoms with Crippen LogP contribution in [0.3, 0.4) is 0 Å². The first kappa shape index (κ1) is 30.4. The smallest absolute Gasteiger partial charge is 0.542 e. The molecule has 0 amide bonds. The number of rotatable bonds is 10. The molecule has 0 aromatic carbocycles. The maximum atomic E-state index is 10.5. The molecule has 27 heavy (non-hydrogen) atoms. The molecule has 0 aliphatic carbocycles. The fourth-order valence-corrected chi connectivity index (χ4v) is 1.07. The number of aliphatic carboxylic acids is 2. The first-order valence-electron chi connectivity index (χ1n) is 6.33. The minimum atomic E-state index is -2.40. The molecule has 0 aromatic heterocycles. The number of ketones is 4. The van der Waals surface area contributed by atoms with Gasteiger partial charge in [-0.25, -0.2) is 0 Å². The molecule has 0 aromatic rings. The Kier molecular flexibility index (Phi) is 16.5. The SMILES string of the molecule is O=C([O-])C(=O)C(O)C(O)C(=O)CO.O=C([O-])C(=O)C(O)C(O)C(=O)CO.[Ca+2]. The van der Waals surface area contributed by atoms with Crippen LogP contribution in [-0.4, -0.2) is 141 Å². The molecule has 0 aliphatic rings. The van der Waals surface area contributed by atoms with Crippen molar-refractivity contribution in [3.8, 4) is 0 Å². The van der Waals surface area contributed by atoms with Crippen LogP contribution in [0.1, 0.15) is 0 Å². The summed E-state index contributed by atoms with van der Waals surface area (Å²) >= 11 is 0. The van der Waals surface area contributed by atoms with Crippen molar-refractivity contribution in [2.45, 2.75) is 24.4 Å². The van der Waals surface area contributed by atoms with E-state index in [4.69, 9.17) is 30.6 Å². The minimum absolute atomic E-state index is 0. The summed E-state index contributed by atoms with van der Waals surface area (Å²) in [7, 11) is 0. The molecule has 0 heterocycles. The Morgan fingerprint density at radius 2 is 0.815 bits per heavy atom.